The number of halogens is 1. The van der Waals surface area contributed by atoms with Crippen molar-refractivity contribution in [2.45, 2.75) is 0 Å². The number of hydrogen-bond donors (Lipinski definition) is 1. The van der Waals surface area contributed by atoms with E-state index in [0.717, 1.165) is 15.5 Å². The van der Waals surface area contributed by atoms with E-state index < -0.39 is 5.63 Å². The Hall–Kier alpha value is -2.84. The van der Waals surface area contributed by atoms with Crippen LogP contribution in [0.25, 0.3) is 22.2 Å². The van der Waals surface area contributed by atoms with Gasteiger partial charge in [0.05, 0.1) is 31.2 Å². The van der Waals surface area contributed by atoms with Crippen LogP contribution in [0.5, 0.6) is 11.5 Å². The molecule has 4 rings (SSSR count). The van der Waals surface area contributed by atoms with E-state index in [1.165, 1.54) is 11.3 Å². The summed E-state index contributed by atoms with van der Waals surface area (Å²) in [7, 11) is 3.20. The van der Waals surface area contributed by atoms with Crippen molar-refractivity contribution in [1.82, 2.24) is 4.98 Å². The molecule has 0 spiro atoms. The average molecular weight is 459 g/mol. The van der Waals surface area contributed by atoms with E-state index in [2.05, 4.69) is 26.2 Å². The molecule has 2 aromatic heterocycles. The molecular formula is C20H15BrN2O4S. The SMILES string of the molecule is COc1ccc(OC)c(Nc2nc(-c3cc4cc(Br)ccc4oc3=O)cs2)c1. The normalized spacial score (nSPS) is 10.8. The summed E-state index contributed by atoms with van der Waals surface area (Å²) in [6.45, 7) is 0. The third-order valence-electron chi connectivity index (χ3n) is 4.12. The van der Waals surface area contributed by atoms with Crippen molar-refractivity contribution < 1.29 is 13.9 Å². The van der Waals surface area contributed by atoms with Crippen molar-refractivity contribution in [2.75, 3.05) is 19.5 Å². The van der Waals surface area contributed by atoms with Gasteiger partial charge >= 0.3 is 5.63 Å². The van der Waals surface area contributed by atoms with Crippen LogP contribution in [0.15, 0.2) is 61.5 Å². The fraction of sp³-hybridized carbons (Fsp3) is 0.100. The molecule has 0 saturated heterocycles. The van der Waals surface area contributed by atoms with Crippen molar-refractivity contribution in [3.63, 3.8) is 0 Å². The maximum absolute atomic E-state index is 12.4. The lowest BCUT2D eigenvalue weighted by molar-refractivity contribution is 0.405. The standard InChI is InChI=1S/C20H15BrN2O4S/c1-25-13-4-6-18(26-2)15(9-13)22-20-23-16(10-28-20)14-8-11-7-12(21)3-5-17(11)27-19(14)24/h3-10H,1-2H3,(H,22,23). The monoisotopic (exact) mass is 458 g/mol. The van der Waals surface area contributed by atoms with Crippen LogP contribution < -0.4 is 20.4 Å². The minimum atomic E-state index is -0.425. The zero-order chi connectivity index (χ0) is 19.7. The molecule has 8 heteroatoms. The highest BCUT2D eigenvalue weighted by Gasteiger charge is 2.13. The molecular weight excluding hydrogens is 444 g/mol. The number of ether oxygens (including phenoxy) is 2. The predicted molar refractivity (Wildman–Crippen MR) is 114 cm³/mol. The number of methoxy groups -OCH3 is 2. The van der Waals surface area contributed by atoms with Crippen LogP contribution in [0.3, 0.4) is 0 Å². The summed E-state index contributed by atoms with van der Waals surface area (Å²) in [5.74, 6) is 1.36. The third-order valence-corrected chi connectivity index (χ3v) is 5.37. The number of nitrogens with zero attached hydrogens (tertiary/aromatic N) is 1. The Morgan fingerprint density at radius 3 is 2.75 bits per heavy atom. The second-order valence-electron chi connectivity index (χ2n) is 5.86. The van der Waals surface area contributed by atoms with Crippen molar-refractivity contribution >= 4 is 49.1 Å². The summed E-state index contributed by atoms with van der Waals surface area (Å²) in [5, 5.41) is 6.47. The predicted octanol–water partition coefficient (Wildman–Crippen LogP) is 5.44. The Kier molecular flexibility index (Phi) is 5.06. The number of aromatic nitrogens is 1. The van der Waals surface area contributed by atoms with Gasteiger partial charge in [-0.1, -0.05) is 15.9 Å². The maximum atomic E-state index is 12.4. The summed E-state index contributed by atoms with van der Waals surface area (Å²) < 4.78 is 17.0. The first-order valence-electron chi connectivity index (χ1n) is 8.26. The van der Waals surface area contributed by atoms with Crippen LogP contribution in [0.2, 0.25) is 0 Å². The van der Waals surface area contributed by atoms with Gasteiger partial charge in [0.15, 0.2) is 5.13 Å². The summed E-state index contributed by atoms with van der Waals surface area (Å²) in [5.41, 5.74) is 1.78. The number of anilines is 2. The number of fused-ring (bicyclic) bond motifs is 1. The van der Waals surface area contributed by atoms with Crippen LogP contribution in [0.1, 0.15) is 0 Å². The number of thiazole rings is 1. The lowest BCUT2D eigenvalue weighted by Gasteiger charge is -2.10. The minimum absolute atomic E-state index is 0.410. The molecule has 6 nitrogen and oxygen atoms in total. The van der Waals surface area contributed by atoms with E-state index >= 15 is 0 Å². The molecule has 0 radical (unpaired) electrons. The Morgan fingerprint density at radius 1 is 1.11 bits per heavy atom. The molecule has 2 heterocycles. The molecule has 28 heavy (non-hydrogen) atoms. The maximum Gasteiger partial charge on any atom is 0.345 e. The highest BCUT2D eigenvalue weighted by atomic mass is 79.9. The number of nitrogens with one attached hydrogen (secondary N) is 1. The fourth-order valence-electron chi connectivity index (χ4n) is 2.75. The van der Waals surface area contributed by atoms with Gasteiger partial charge in [-0.2, -0.15) is 0 Å². The van der Waals surface area contributed by atoms with Gasteiger partial charge in [-0.05, 0) is 36.4 Å². The molecule has 0 aliphatic heterocycles. The van der Waals surface area contributed by atoms with E-state index in [4.69, 9.17) is 13.9 Å². The first kappa shape index (κ1) is 18.5. The van der Waals surface area contributed by atoms with E-state index in [-0.39, 0.29) is 0 Å². The highest BCUT2D eigenvalue weighted by molar-refractivity contribution is 9.10. The van der Waals surface area contributed by atoms with Crippen molar-refractivity contribution in [1.29, 1.82) is 0 Å². The second kappa shape index (κ2) is 7.65. The van der Waals surface area contributed by atoms with E-state index in [9.17, 15) is 4.79 Å². The van der Waals surface area contributed by atoms with Crippen LogP contribution in [-0.4, -0.2) is 19.2 Å². The van der Waals surface area contributed by atoms with Crippen molar-refractivity contribution in [2.24, 2.45) is 0 Å². The number of hydrogen-bond acceptors (Lipinski definition) is 7. The van der Waals surface area contributed by atoms with Crippen LogP contribution >= 0.6 is 27.3 Å². The summed E-state index contributed by atoms with van der Waals surface area (Å²) in [4.78, 5) is 16.9. The summed E-state index contributed by atoms with van der Waals surface area (Å²) in [6.07, 6.45) is 0. The zero-order valence-electron chi connectivity index (χ0n) is 15.0. The third kappa shape index (κ3) is 3.61. The molecule has 0 bridgehead atoms. The van der Waals surface area contributed by atoms with E-state index in [1.807, 2.05) is 35.7 Å². The van der Waals surface area contributed by atoms with Gasteiger partial charge in [0.2, 0.25) is 0 Å². The largest absolute Gasteiger partial charge is 0.497 e. The fourth-order valence-corrected chi connectivity index (χ4v) is 3.86. The van der Waals surface area contributed by atoms with Gasteiger partial charge in [0.25, 0.3) is 0 Å². The summed E-state index contributed by atoms with van der Waals surface area (Å²) in [6, 6.07) is 12.7. The first-order chi connectivity index (χ1) is 13.6. The topological polar surface area (TPSA) is 73.6 Å². The highest BCUT2D eigenvalue weighted by Crippen LogP contribution is 2.34. The van der Waals surface area contributed by atoms with Gasteiger partial charge in [-0.25, -0.2) is 9.78 Å². The molecule has 0 unspecified atom stereocenters. The van der Waals surface area contributed by atoms with Crippen LogP contribution in [0, 0.1) is 0 Å². The van der Waals surface area contributed by atoms with Gasteiger partial charge in [-0.3, -0.25) is 0 Å². The summed E-state index contributed by atoms with van der Waals surface area (Å²) >= 11 is 4.81. The first-order valence-corrected chi connectivity index (χ1v) is 9.93. The Balaban J connectivity index is 1.70. The van der Waals surface area contributed by atoms with E-state index in [0.29, 0.717) is 33.5 Å². The average Bonchev–Trinajstić information content (AvgIpc) is 3.16. The molecule has 142 valence electrons. The van der Waals surface area contributed by atoms with Gasteiger partial charge in [0.1, 0.15) is 17.1 Å². The second-order valence-corrected chi connectivity index (χ2v) is 7.63. The van der Waals surface area contributed by atoms with Crippen molar-refractivity contribution in [3.8, 4) is 22.8 Å². The van der Waals surface area contributed by atoms with Crippen LogP contribution in [0.4, 0.5) is 10.8 Å². The van der Waals surface area contributed by atoms with E-state index in [1.54, 1.807) is 26.4 Å². The Labute approximate surface area is 172 Å². The molecule has 0 fully saturated rings. The van der Waals surface area contributed by atoms with Gasteiger partial charge < -0.3 is 19.2 Å². The van der Waals surface area contributed by atoms with Gasteiger partial charge in [-0.15, -0.1) is 11.3 Å². The number of rotatable bonds is 5. The Bertz CT molecular complexity index is 1220. The Morgan fingerprint density at radius 2 is 1.96 bits per heavy atom. The van der Waals surface area contributed by atoms with Gasteiger partial charge in [0, 0.05) is 21.3 Å². The van der Waals surface area contributed by atoms with Crippen molar-refractivity contribution in [3.05, 3.63) is 62.7 Å². The molecule has 0 aliphatic rings. The number of benzene rings is 2. The van der Waals surface area contributed by atoms with Crippen LogP contribution in [-0.2, 0) is 0 Å². The zero-order valence-corrected chi connectivity index (χ0v) is 17.4. The minimum Gasteiger partial charge on any atom is -0.497 e. The molecule has 0 aliphatic carbocycles. The lowest BCUT2D eigenvalue weighted by Crippen LogP contribution is -2.03. The lowest BCUT2D eigenvalue weighted by atomic mass is 10.1. The molecule has 2 aromatic carbocycles. The molecule has 4 aromatic rings. The molecule has 0 saturated carbocycles. The smallest absolute Gasteiger partial charge is 0.345 e. The molecule has 0 atom stereocenters. The quantitative estimate of drug-likeness (QED) is 0.401. The molecule has 0 amide bonds. The molecule has 1 N–H and O–H groups in total.